The van der Waals surface area contributed by atoms with E-state index in [-0.39, 0.29) is 35.0 Å². The number of ether oxygens (including phenoxy) is 1. The molecule has 0 spiro atoms. The summed E-state index contributed by atoms with van der Waals surface area (Å²) in [6, 6.07) is 19.1. The number of benzene rings is 3. The van der Waals surface area contributed by atoms with Gasteiger partial charge in [0, 0.05) is 38.5 Å². The number of carbonyl (C=O) groups excluding carboxylic acids is 1. The Bertz CT molecular complexity index is 1930. The summed E-state index contributed by atoms with van der Waals surface area (Å²) in [5.41, 5.74) is 3.10. The highest BCUT2D eigenvalue weighted by Gasteiger charge is 2.23. The van der Waals surface area contributed by atoms with Crippen molar-refractivity contribution in [2.24, 2.45) is 5.92 Å². The van der Waals surface area contributed by atoms with Gasteiger partial charge in [0.15, 0.2) is 17.3 Å². The van der Waals surface area contributed by atoms with Crippen LogP contribution in [0.4, 0.5) is 14.6 Å². The summed E-state index contributed by atoms with van der Waals surface area (Å²) < 4.78 is 37.4. The number of methoxy groups -OCH3 is 1. The Morgan fingerprint density at radius 3 is 2.54 bits per heavy atom. The number of nitrogens with one attached hydrogen (secondary N) is 1. The van der Waals surface area contributed by atoms with E-state index in [1.807, 2.05) is 41.3 Å². The van der Waals surface area contributed by atoms with Crippen LogP contribution in [0, 0.1) is 28.9 Å². The number of carbonyl (C=O) groups is 1. The predicted molar refractivity (Wildman–Crippen MR) is 169 cm³/mol. The molecule has 0 bridgehead atoms. The van der Waals surface area contributed by atoms with Crippen molar-refractivity contribution in [3.8, 4) is 23.1 Å². The number of nitrogens with zero attached hydrogens (tertiary/aromatic N) is 6. The van der Waals surface area contributed by atoms with Crippen LogP contribution in [0.15, 0.2) is 66.9 Å². The Hall–Kier alpha value is -5.37. The molecule has 1 saturated heterocycles. The summed E-state index contributed by atoms with van der Waals surface area (Å²) in [5, 5.41) is 17.4. The zero-order valence-electron chi connectivity index (χ0n) is 25.6. The second-order valence-corrected chi connectivity index (χ2v) is 11.5. The molecule has 1 amide bonds. The molecule has 6 rings (SSSR count). The van der Waals surface area contributed by atoms with Crippen LogP contribution in [-0.2, 0) is 24.2 Å². The molecule has 1 aliphatic heterocycles. The summed E-state index contributed by atoms with van der Waals surface area (Å²) in [7, 11) is 1.60. The van der Waals surface area contributed by atoms with Gasteiger partial charge in [-0.3, -0.25) is 4.79 Å². The van der Waals surface area contributed by atoms with Gasteiger partial charge in [0.1, 0.15) is 23.5 Å². The molecule has 1 aliphatic rings. The first-order chi connectivity index (χ1) is 22.3. The molecule has 234 valence electrons. The largest absolute Gasteiger partial charge is 0.497 e. The fraction of sp³-hybridized carbons (Fsp3) is 0.286. The maximum absolute atomic E-state index is 15.3. The number of hydrogen-bond donors (Lipinski definition) is 1. The molecule has 1 N–H and O–H groups in total. The normalized spacial score (nSPS) is 13.5. The lowest BCUT2D eigenvalue weighted by Crippen LogP contribution is -2.37. The number of hydrogen-bond acceptors (Lipinski definition) is 7. The van der Waals surface area contributed by atoms with E-state index in [0.717, 1.165) is 29.7 Å². The number of rotatable bonds is 9. The average molecular weight is 622 g/mol. The van der Waals surface area contributed by atoms with Gasteiger partial charge in [0.05, 0.1) is 24.6 Å². The number of likely N-dealkylation sites (tertiary alicyclic amines) is 1. The van der Waals surface area contributed by atoms with Crippen LogP contribution < -0.4 is 10.1 Å². The Morgan fingerprint density at radius 2 is 1.83 bits per heavy atom. The maximum Gasteiger partial charge on any atom is 0.219 e. The van der Waals surface area contributed by atoms with E-state index in [1.54, 1.807) is 38.4 Å². The summed E-state index contributed by atoms with van der Waals surface area (Å²) in [6.45, 7) is 3.39. The van der Waals surface area contributed by atoms with E-state index in [4.69, 9.17) is 14.7 Å². The van der Waals surface area contributed by atoms with Gasteiger partial charge in [0.2, 0.25) is 5.91 Å². The number of aromatic nitrogens is 4. The molecule has 0 saturated carbocycles. The van der Waals surface area contributed by atoms with Gasteiger partial charge in [-0.25, -0.2) is 23.3 Å². The highest BCUT2D eigenvalue weighted by Crippen LogP contribution is 2.29. The molecule has 5 aromatic rings. The third-order valence-corrected chi connectivity index (χ3v) is 8.50. The van der Waals surface area contributed by atoms with Crippen molar-refractivity contribution < 1.29 is 18.3 Å². The number of amides is 1. The Morgan fingerprint density at radius 1 is 1.07 bits per heavy atom. The molecule has 0 radical (unpaired) electrons. The van der Waals surface area contributed by atoms with Crippen LogP contribution in [0.2, 0.25) is 0 Å². The molecule has 0 aliphatic carbocycles. The highest BCUT2D eigenvalue weighted by molar-refractivity contribution is 5.73. The summed E-state index contributed by atoms with van der Waals surface area (Å²) in [5.74, 6) is 0.891. The molecule has 2 aromatic heterocycles. The van der Waals surface area contributed by atoms with Crippen molar-refractivity contribution in [3.63, 3.8) is 0 Å². The summed E-state index contributed by atoms with van der Waals surface area (Å²) in [4.78, 5) is 23.1. The minimum atomic E-state index is -0.677. The van der Waals surface area contributed by atoms with Gasteiger partial charge >= 0.3 is 0 Å². The quantitative estimate of drug-likeness (QED) is 0.217. The molecule has 1 fully saturated rings. The van der Waals surface area contributed by atoms with E-state index < -0.39 is 5.82 Å². The fourth-order valence-corrected chi connectivity index (χ4v) is 5.92. The number of fused-ring (bicyclic) bond motifs is 1. The molecule has 11 heteroatoms. The summed E-state index contributed by atoms with van der Waals surface area (Å²) in [6.07, 6.45) is 4.14. The monoisotopic (exact) mass is 621 g/mol. The van der Waals surface area contributed by atoms with E-state index >= 15 is 8.78 Å². The topological polar surface area (TPSA) is 108 Å². The van der Waals surface area contributed by atoms with E-state index in [0.29, 0.717) is 54.8 Å². The average Bonchev–Trinajstić information content (AvgIpc) is 3.48. The van der Waals surface area contributed by atoms with E-state index in [2.05, 4.69) is 10.4 Å². The second kappa shape index (κ2) is 13.3. The second-order valence-electron chi connectivity index (χ2n) is 11.5. The van der Waals surface area contributed by atoms with Crippen LogP contribution in [0.25, 0.3) is 16.9 Å². The van der Waals surface area contributed by atoms with Gasteiger partial charge in [-0.15, -0.1) is 0 Å². The fourth-order valence-electron chi connectivity index (χ4n) is 5.92. The molecule has 3 heterocycles. The standard InChI is InChI=1S/C35H33F2N7O2/c1-22(45)43-15-13-23(14-16-43)17-25-5-4-8-30(36)29(25)18-32-41-35-34(39-20-24-9-11-27(46-2)12-10-24)40-31(21-44(35)42-32)28-7-3-6-26(19-38)33(28)37/h3-12,21,23H,13-18,20H2,1-2H3,(H,39,40). The zero-order valence-corrected chi connectivity index (χ0v) is 25.6. The van der Waals surface area contributed by atoms with Crippen molar-refractivity contribution in [1.82, 2.24) is 24.5 Å². The molecule has 9 nitrogen and oxygen atoms in total. The lowest BCUT2D eigenvalue weighted by Gasteiger charge is -2.31. The van der Waals surface area contributed by atoms with Crippen molar-refractivity contribution in [2.75, 3.05) is 25.5 Å². The van der Waals surface area contributed by atoms with Crippen LogP contribution in [0.5, 0.6) is 5.75 Å². The van der Waals surface area contributed by atoms with Crippen LogP contribution in [0.1, 0.15) is 47.8 Å². The molecule has 46 heavy (non-hydrogen) atoms. The molecular formula is C35H33F2N7O2. The van der Waals surface area contributed by atoms with Crippen molar-refractivity contribution in [1.29, 1.82) is 5.26 Å². The third kappa shape index (κ3) is 6.52. The number of nitriles is 1. The lowest BCUT2D eigenvalue weighted by molar-refractivity contribution is -0.130. The minimum absolute atomic E-state index is 0.0822. The van der Waals surface area contributed by atoms with Crippen molar-refractivity contribution >= 4 is 17.4 Å². The lowest BCUT2D eigenvalue weighted by atomic mass is 9.87. The van der Waals surface area contributed by atoms with Crippen LogP contribution in [-0.4, -0.2) is 50.6 Å². The molecule has 0 unspecified atom stereocenters. The van der Waals surface area contributed by atoms with Crippen LogP contribution >= 0.6 is 0 Å². The van der Waals surface area contributed by atoms with Gasteiger partial charge < -0.3 is 15.0 Å². The van der Waals surface area contributed by atoms with E-state index in [1.165, 1.54) is 16.6 Å². The highest BCUT2D eigenvalue weighted by atomic mass is 19.1. The molecule has 0 atom stereocenters. The number of anilines is 1. The first kappa shape index (κ1) is 30.6. The van der Waals surface area contributed by atoms with Gasteiger partial charge in [0.25, 0.3) is 0 Å². The first-order valence-electron chi connectivity index (χ1n) is 15.2. The van der Waals surface area contributed by atoms with Crippen LogP contribution in [0.3, 0.4) is 0 Å². The number of halogens is 2. The Balaban J connectivity index is 1.33. The molecule has 3 aromatic carbocycles. The minimum Gasteiger partial charge on any atom is -0.497 e. The maximum atomic E-state index is 15.3. The SMILES string of the molecule is COc1ccc(CNc2nc(-c3cccc(C#N)c3F)cn3nc(Cc4c(F)cccc4CC4CCN(C(C)=O)CC4)nc23)cc1. The van der Waals surface area contributed by atoms with E-state index in [9.17, 15) is 10.1 Å². The van der Waals surface area contributed by atoms with Gasteiger partial charge in [-0.05, 0) is 72.2 Å². The zero-order chi connectivity index (χ0) is 32.2. The van der Waals surface area contributed by atoms with Gasteiger partial charge in [-0.2, -0.15) is 10.4 Å². The Labute approximate surface area is 265 Å². The third-order valence-electron chi connectivity index (χ3n) is 8.50. The predicted octanol–water partition coefficient (Wildman–Crippen LogP) is 5.95. The smallest absolute Gasteiger partial charge is 0.219 e. The number of piperidine rings is 1. The van der Waals surface area contributed by atoms with Crippen molar-refractivity contribution in [2.45, 2.75) is 39.2 Å². The Kier molecular flexibility index (Phi) is 8.88. The first-order valence-corrected chi connectivity index (χ1v) is 15.2. The molecular weight excluding hydrogens is 588 g/mol. The van der Waals surface area contributed by atoms with Crippen molar-refractivity contribution in [3.05, 3.63) is 107 Å². The van der Waals surface area contributed by atoms with Gasteiger partial charge in [-0.1, -0.05) is 30.3 Å². The summed E-state index contributed by atoms with van der Waals surface area (Å²) >= 11 is 0.